The van der Waals surface area contributed by atoms with Crippen LogP contribution < -0.4 is 10.6 Å². The van der Waals surface area contributed by atoms with Crippen LogP contribution in [0, 0.1) is 5.92 Å². The first-order chi connectivity index (χ1) is 14.1. The summed E-state index contributed by atoms with van der Waals surface area (Å²) in [5.41, 5.74) is 0.658. The van der Waals surface area contributed by atoms with Crippen LogP contribution in [0.2, 0.25) is 0 Å². The minimum atomic E-state index is -0.385. The van der Waals surface area contributed by atoms with E-state index in [0.29, 0.717) is 31.7 Å². The lowest BCUT2D eigenvalue weighted by atomic mass is 9.93. The van der Waals surface area contributed by atoms with Crippen LogP contribution in [-0.4, -0.2) is 52.5 Å². The van der Waals surface area contributed by atoms with E-state index >= 15 is 0 Å². The molecule has 0 atom stereocenters. The number of anilines is 1. The third kappa shape index (κ3) is 5.83. The molecule has 1 aromatic carbocycles. The Bertz CT molecular complexity index is 847. The molecule has 1 aliphatic heterocycles. The molecule has 0 radical (unpaired) electrons. The highest BCUT2D eigenvalue weighted by atomic mass is 32.1. The van der Waals surface area contributed by atoms with Crippen LogP contribution in [0.3, 0.4) is 0 Å². The van der Waals surface area contributed by atoms with Gasteiger partial charge in [0.05, 0.1) is 0 Å². The molecule has 2 N–H and O–H groups in total. The summed E-state index contributed by atoms with van der Waals surface area (Å²) in [5, 5.41) is 13.8. The maximum absolute atomic E-state index is 12.7. The van der Waals surface area contributed by atoms with E-state index in [4.69, 9.17) is 0 Å². The summed E-state index contributed by atoms with van der Waals surface area (Å²) in [4.78, 5) is 38.5. The Balaban J connectivity index is 1.50. The molecular weight excluding hydrogens is 390 g/mol. The molecule has 3 amide bonds. The molecule has 0 aliphatic carbocycles. The molecule has 3 rings (SSSR count). The first-order valence-corrected chi connectivity index (χ1v) is 10.6. The van der Waals surface area contributed by atoms with Crippen LogP contribution in [0.5, 0.6) is 0 Å². The second-order valence-corrected chi connectivity index (χ2v) is 8.00. The van der Waals surface area contributed by atoms with Crippen molar-refractivity contribution < 1.29 is 14.4 Å². The summed E-state index contributed by atoms with van der Waals surface area (Å²) in [6.45, 7) is 3.88. The summed E-state index contributed by atoms with van der Waals surface area (Å²) in [5.74, 6) is -0.230. The summed E-state index contributed by atoms with van der Waals surface area (Å²) in [6, 6.07) is 9.05. The molecule has 8 nitrogen and oxygen atoms in total. The number of nitrogens with zero attached hydrogens (tertiary/aromatic N) is 3. The summed E-state index contributed by atoms with van der Waals surface area (Å²) in [6.07, 6.45) is 2.99. The minimum absolute atomic E-state index is 0.0785. The number of likely N-dealkylation sites (tertiary alicyclic amines) is 1. The molecule has 1 fully saturated rings. The number of nitrogens with one attached hydrogen (secondary N) is 2. The van der Waals surface area contributed by atoms with Gasteiger partial charge in [-0.25, -0.2) is 0 Å². The zero-order valence-corrected chi connectivity index (χ0v) is 17.2. The quantitative estimate of drug-likeness (QED) is 0.723. The maximum atomic E-state index is 12.7. The van der Waals surface area contributed by atoms with Gasteiger partial charge in [-0.2, -0.15) is 0 Å². The largest absolute Gasteiger partial charge is 0.356 e. The van der Waals surface area contributed by atoms with E-state index in [9.17, 15) is 14.4 Å². The molecule has 1 aromatic heterocycles. The van der Waals surface area contributed by atoms with Gasteiger partial charge in [0.1, 0.15) is 0 Å². The maximum Gasteiger partial charge on any atom is 0.286 e. The standard InChI is InChI=1S/C20H25N5O3S/c1-2-10-21-16(26)13-14-8-11-25(12-9-14)20(28)19-24-23-18(29-19)17(27)22-15-6-4-3-5-7-15/h3-7,14H,2,8-13H2,1H3,(H,21,26)(H,22,27). The Morgan fingerprint density at radius 1 is 1.10 bits per heavy atom. The molecular formula is C20H25N5O3S. The van der Waals surface area contributed by atoms with E-state index in [1.54, 1.807) is 17.0 Å². The number of rotatable bonds is 7. The van der Waals surface area contributed by atoms with E-state index in [0.717, 1.165) is 30.6 Å². The van der Waals surface area contributed by atoms with Gasteiger partial charge in [0, 0.05) is 31.7 Å². The van der Waals surface area contributed by atoms with Gasteiger partial charge in [0.2, 0.25) is 15.9 Å². The highest BCUT2D eigenvalue weighted by molar-refractivity contribution is 7.15. The van der Waals surface area contributed by atoms with Crippen molar-refractivity contribution in [3.8, 4) is 0 Å². The molecule has 0 spiro atoms. The molecule has 0 unspecified atom stereocenters. The van der Waals surface area contributed by atoms with Crippen molar-refractivity contribution in [2.24, 2.45) is 5.92 Å². The molecule has 0 saturated carbocycles. The Hall–Kier alpha value is -2.81. The number of carbonyl (C=O) groups is 3. The fourth-order valence-electron chi connectivity index (χ4n) is 3.18. The second-order valence-electron chi connectivity index (χ2n) is 7.02. The molecule has 2 aromatic rings. The predicted octanol–water partition coefficient (Wildman–Crippen LogP) is 2.56. The van der Waals surface area contributed by atoms with Gasteiger partial charge in [0.15, 0.2) is 0 Å². The Morgan fingerprint density at radius 3 is 2.48 bits per heavy atom. The third-order valence-corrected chi connectivity index (χ3v) is 5.69. The van der Waals surface area contributed by atoms with Crippen molar-refractivity contribution in [3.05, 3.63) is 40.3 Å². The SMILES string of the molecule is CCCNC(=O)CC1CCN(C(=O)c2nnc(C(=O)Nc3ccccc3)s2)CC1. The molecule has 9 heteroatoms. The number of hydrogen-bond donors (Lipinski definition) is 2. The first-order valence-electron chi connectivity index (χ1n) is 9.82. The van der Waals surface area contributed by atoms with Gasteiger partial charge in [-0.15, -0.1) is 10.2 Å². The van der Waals surface area contributed by atoms with Crippen molar-refractivity contribution >= 4 is 34.7 Å². The molecule has 154 valence electrons. The molecule has 29 heavy (non-hydrogen) atoms. The number of aromatic nitrogens is 2. The fourth-order valence-corrected chi connectivity index (χ4v) is 3.89. The molecule has 2 heterocycles. The van der Waals surface area contributed by atoms with E-state index in [2.05, 4.69) is 20.8 Å². The van der Waals surface area contributed by atoms with E-state index < -0.39 is 0 Å². The lowest BCUT2D eigenvalue weighted by Gasteiger charge is -2.31. The van der Waals surface area contributed by atoms with Gasteiger partial charge in [-0.3, -0.25) is 14.4 Å². The Kier molecular flexibility index (Phi) is 7.29. The van der Waals surface area contributed by atoms with Crippen molar-refractivity contribution in [2.45, 2.75) is 32.6 Å². The first kappa shape index (κ1) is 20.9. The average Bonchev–Trinajstić information content (AvgIpc) is 3.23. The van der Waals surface area contributed by atoms with Crippen LogP contribution in [-0.2, 0) is 4.79 Å². The number of amides is 3. The average molecular weight is 416 g/mol. The smallest absolute Gasteiger partial charge is 0.286 e. The molecule has 1 aliphatic rings. The Labute approximate surface area is 173 Å². The summed E-state index contributed by atoms with van der Waals surface area (Å²) < 4.78 is 0. The summed E-state index contributed by atoms with van der Waals surface area (Å²) >= 11 is 0.993. The van der Waals surface area contributed by atoms with Gasteiger partial charge < -0.3 is 15.5 Å². The predicted molar refractivity (Wildman–Crippen MR) is 111 cm³/mol. The van der Waals surface area contributed by atoms with E-state index in [1.807, 2.05) is 25.1 Å². The lowest BCUT2D eigenvalue weighted by Crippen LogP contribution is -2.39. The van der Waals surface area contributed by atoms with Crippen LogP contribution >= 0.6 is 11.3 Å². The van der Waals surface area contributed by atoms with Gasteiger partial charge in [-0.1, -0.05) is 36.5 Å². The van der Waals surface area contributed by atoms with Crippen LogP contribution in [0.4, 0.5) is 5.69 Å². The fraction of sp³-hybridized carbons (Fsp3) is 0.450. The topological polar surface area (TPSA) is 104 Å². The number of piperidine rings is 1. The minimum Gasteiger partial charge on any atom is -0.356 e. The number of hydrogen-bond acceptors (Lipinski definition) is 6. The van der Waals surface area contributed by atoms with E-state index in [1.165, 1.54) is 0 Å². The molecule has 1 saturated heterocycles. The lowest BCUT2D eigenvalue weighted by molar-refractivity contribution is -0.122. The monoisotopic (exact) mass is 415 g/mol. The zero-order chi connectivity index (χ0) is 20.6. The third-order valence-electron chi connectivity index (χ3n) is 4.78. The second kappa shape index (κ2) is 10.1. The van der Waals surface area contributed by atoms with Crippen molar-refractivity contribution in [2.75, 3.05) is 25.0 Å². The van der Waals surface area contributed by atoms with Crippen LogP contribution in [0.25, 0.3) is 0 Å². The van der Waals surface area contributed by atoms with Gasteiger partial charge in [-0.05, 0) is 37.3 Å². The van der Waals surface area contributed by atoms with Gasteiger partial charge in [0.25, 0.3) is 11.8 Å². The summed E-state index contributed by atoms with van der Waals surface area (Å²) in [7, 11) is 0. The van der Waals surface area contributed by atoms with Crippen LogP contribution in [0.15, 0.2) is 30.3 Å². The molecule has 0 bridgehead atoms. The normalized spacial score (nSPS) is 14.4. The number of para-hydroxylation sites is 1. The van der Waals surface area contributed by atoms with Crippen molar-refractivity contribution in [1.82, 2.24) is 20.4 Å². The van der Waals surface area contributed by atoms with Crippen molar-refractivity contribution in [1.29, 1.82) is 0 Å². The number of carbonyl (C=O) groups excluding carboxylic acids is 3. The zero-order valence-electron chi connectivity index (χ0n) is 16.4. The highest BCUT2D eigenvalue weighted by Crippen LogP contribution is 2.23. The number of benzene rings is 1. The van der Waals surface area contributed by atoms with Crippen LogP contribution in [0.1, 0.15) is 52.2 Å². The highest BCUT2D eigenvalue weighted by Gasteiger charge is 2.27. The van der Waals surface area contributed by atoms with E-state index in [-0.39, 0.29) is 33.7 Å². The Morgan fingerprint density at radius 2 is 1.79 bits per heavy atom. The van der Waals surface area contributed by atoms with Crippen molar-refractivity contribution in [3.63, 3.8) is 0 Å². The van der Waals surface area contributed by atoms with Gasteiger partial charge >= 0.3 is 0 Å².